The summed E-state index contributed by atoms with van der Waals surface area (Å²) in [6.45, 7) is 10.3. The molecule has 0 bridgehead atoms. The zero-order valence-corrected chi connectivity index (χ0v) is 12.7. The maximum Gasteiger partial charge on any atom is 0.0369 e. The number of piperidine rings is 1. The Morgan fingerprint density at radius 1 is 1.37 bits per heavy atom. The molecule has 0 aliphatic carbocycles. The monoisotopic (exact) mass is 260 g/mol. The molecule has 1 N–H and O–H groups in total. The van der Waals surface area contributed by atoms with Gasteiger partial charge in [-0.2, -0.15) is 0 Å². The van der Waals surface area contributed by atoms with Crippen LogP contribution < -0.4 is 10.2 Å². The van der Waals surface area contributed by atoms with Gasteiger partial charge in [0, 0.05) is 24.8 Å². The van der Waals surface area contributed by atoms with Crippen molar-refractivity contribution in [2.45, 2.75) is 46.1 Å². The molecule has 1 aliphatic rings. The van der Waals surface area contributed by atoms with E-state index in [9.17, 15) is 0 Å². The van der Waals surface area contributed by atoms with Gasteiger partial charge in [0.2, 0.25) is 0 Å². The number of aryl methyl sites for hydroxylation is 1. The van der Waals surface area contributed by atoms with Crippen LogP contribution >= 0.6 is 0 Å². The van der Waals surface area contributed by atoms with E-state index < -0.39 is 0 Å². The lowest BCUT2D eigenvalue weighted by Gasteiger charge is -2.35. The van der Waals surface area contributed by atoms with Crippen molar-refractivity contribution in [2.75, 3.05) is 24.5 Å². The van der Waals surface area contributed by atoms with Crippen LogP contribution in [-0.4, -0.2) is 25.7 Å². The Hall–Kier alpha value is -1.02. The average molecular weight is 260 g/mol. The van der Waals surface area contributed by atoms with E-state index in [0.717, 1.165) is 19.0 Å². The first-order valence-electron chi connectivity index (χ1n) is 7.70. The van der Waals surface area contributed by atoms with Gasteiger partial charge in [-0.05, 0) is 56.3 Å². The lowest BCUT2D eigenvalue weighted by molar-refractivity contribution is 0.406. The molecule has 2 rings (SSSR count). The van der Waals surface area contributed by atoms with E-state index in [0.29, 0.717) is 6.04 Å². The molecule has 0 aromatic heterocycles. The van der Waals surface area contributed by atoms with Crippen LogP contribution in [-0.2, 0) is 0 Å². The fraction of sp³-hybridized carbons (Fsp3) is 0.647. The van der Waals surface area contributed by atoms with Gasteiger partial charge >= 0.3 is 0 Å². The van der Waals surface area contributed by atoms with E-state index in [2.05, 4.69) is 55.3 Å². The topological polar surface area (TPSA) is 15.3 Å². The van der Waals surface area contributed by atoms with Gasteiger partial charge in [-0.15, -0.1) is 0 Å². The van der Waals surface area contributed by atoms with Crippen LogP contribution in [0.4, 0.5) is 5.69 Å². The highest BCUT2D eigenvalue weighted by Gasteiger charge is 2.19. The molecule has 19 heavy (non-hydrogen) atoms. The zero-order chi connectivity index (χ0) is 13.7. The molecule has 0 radical (unpaired) electrons. The highest BCUT2D eigenvalue weighted by atomic mass is 15.2. The Morgan fingerprint density at radius 2 is 2.21 bits per heavy atom. The van der Waals surface area contributed by atoms with Crippen molar-refractivity contribution in [3.8, 4) is 0 Å². The maximum atomic E-state index is 3.73. The number of benzene rings is 1. The fourth-order valence-corrected chi connectivity index (χ4v) is 2.78. The predicted octanol–water partition coefficient (Wildman–Crippen LogP) is 3.60. The third-order valence-corrected chi connectivity index (χ3v) is 3.94. The molecule has 1 aromatic rings. The van der Waals surface area contributed by atoms with Crippen molar-refractivity contribution < 1.29 is 0 Å². The average Bonchev–Trinajstić information content (AvgIpc) is 2.39. The molecule has 0 amide bonds. The molecule has 1 aliphatic heterocycles. The molecule has 2 heteroatoms. The number of rotatable bonds is 5. The van der Waals surface area contributed by atoms with Crippen LogP contribution in [0, 0.1) is 12.8 Å². The Balaban J connectivity index is 1.86. The molecule has 1 fully saturated rings. The van der Waals surface area contributed by atoms with Gasteiger partial charge in [0.05, 0.1) is 0 Å². The molecule has 1 atom stereocenters. The summed E-state index contributed by atoms with van der Waals surface area (Å²) in [5, 5.41) is 3.73. The Kier molecular flexibility index (Phi) is 5.26. The maximum absolute atomic E-state index is 3.73. The second-order valence-corrected chi connectivity index (χ2v) is 6.26. The van der Waals surface area contributed by atoms with Gasteiger partial charge in [-0.1, -0.05) is 26.0 Å². The van der Waals surface area contributed by atoms with Crippen molar-refractivity contribution in [2.24, 2.45) is 5.92 Å². The van der Waals surface area contributed by atoms with Crippen molar-refractivity contribution in [1.29, 1.82) is 0 Å². The normalized spacial score (nSPS) is 20.0. The quantitative estimate of drug-likeness (QED) is 0.870. The summed E-state index contributed by atoms with van der Waals surface area (Å²) in [5.41, 5.74) is 2.74. The SMILES string of the molecule is Cc1cccc(N2CCCC(NCCC(C)C)C2)c1. The molecule has 1 heterocycles. The molecule has 1 aromatic carbocycles. The highest BCUT2D eigenvalue weighted by molar-refractivity contribution is 5.48. The molecule has 2 nitrogen and oxygen atoms in total. The lowest BCUT2D eigenvalue weighted by Crippen LogP contribution is -2.46. The van der Waals surface area contributed by atoms with Crippen molar-refractivity contribution in [1.82, 2.24) is 5.32 Å². The van der Waals surface area contributed by atoms with E-state index in [1.807, 2.05) is 0 Å². The Morgan fingerprint density at radius 3 is 2.95 bits per heavy atom. The molecular formula is C17H28N2. The Bertz CT molecular complexity index is 387. The summed E-state index contributed by atoms with van der Waals surface area (Å²) in [7, 11) is 0. The Labute approximate surface area is 118 Å². The van der Waals surface area contributed by atoms with Gasteiger partial charge in [0.15, 0.2) is 0 Å². The smallest absolute Gasteiger partial charge is 0.0369 e. The van der Waals surface area contributed by atoms with E-state index in [1.54, 1.807) is 0 Å². The van der Waals surface area contributed by atoms with Crippen LogP contribution in [0.15, 0.2) is 24.3 Å². The molecule has 1 saturated heterocycles. The number of hydrogen-bond acceptors (Lipinski definition) is 2. The van der Waals surface area contributed by atoms with Gasteiger partial charge < -0.3 is 10.2 Å². The first-order chi connectivity index (χ1) is 9.15. The molecule has 0 saturated carbocycles. The first kappa shape index (κ1) is 14.4. The third-order valence-electron chi connectivity index (χ3n) is 3.94. The summed E-state index contributed by atoms with van der Waals surface area (Å²) in [6.07, 6.45) is 3.90. The lowest BCUT2D eigenvalue weighted by atomic mass is 10.0. The van der Waals surface area contributed by atoms with Crippen LogP contribution in [0.1, 0.15) is 38.7 Å². The van der Waals surface area contributed by atoms with Crippen molar-refractivity contribution in [3.05, 3.63) is 29.8 Å². The number of anilines is 1. The van der Waals surface area contributed by atoms with E-state index >= 15 is 0 Å². The largest absolute Gasteiger partial charge is 0.370 e. The van der Waals surface area contributed by atoms with E-state index in [4.69, 9.17) is 0 Å². The molecule has 1 unspecified atom stereocenters. The van der Waals surface area contributed by atoms with Crippen LogP contribution in [0.25, 0.3) is 0 Å². The summed E-state index contributed by atoms with van der Waals surface area (Å²) in [6, 6.07) is 9.54. The zero-order valence-electron chi connectivity index (χ0n) is 12.7. The van der Waals surface area contributed by atoms with Gasteiger partial charge in [0.25, 0.3) is 0 Å². The van der Waals surface area contributed by atoms with E-state index in [-0.39, 0.29) is 0 Å². The van der Waals surface area contributed by atoms with Gasteiger partial charge in [-0.3, -0.25) is 0 Å². The number of nitrogens with zero attached hydrogens (tertiary/aromatic N) is 1. The summed E-state index contributed by atoms with van der Waals surface area (Å²) in [4.78, 5) is 2.53. The van der Waals surface area contributed by atoms with Crippen LogP contribution in [0.2, 0.25) is 0 Å². The van der Waals surface area contributed by atoms with Gasteiger partial charge in [-0.25, -0.2) is 0 Å². The fourth-order valence-electron chi connectivity index (χ4n) is 2.78. The minimum absolute atomic E-state index is 0.660. The summed E-state index contributed by atoms with van der Waals surface area (Å²) < 4.78 is 0. The number of nitrogens with one attached hydrogen (secondary N) is 1. The molecule has 0 spiro atoms. The van der Waals surface area contributed by atoms with Crippen LogP contribution in [0.3, 0.4) is 0 Å². The van der Waals surface area contributed by atoms with E-state index in [1.165, 1.54) is 37.1 Å². The minimum atomic E-state index is 0.660. The third kappa shape index (κ3) is 4.54. The second-order valence-electron chi connectivity index (χ2n) is 6.26. The summed E-state index contributed by atoms with van der Waals surface area (Å²) >= 11 is 0. The predicted molar refractivity (Wildman–Crippen MR) is 83.9 cm³/mol. The van der Waals surface area contributed by atoms with Crippen molar-refractivity contribution in [3.63, 3.8) is 0 Å². The van der Waals surface area contributed by atoms with Crippen LogP contribution in [0.5, 0.6) is 0 Å². The molecular weight excluding hydrogens is 232 g/mol. The van der Waals surface area contributed by atoms with Crippen molar-refractivity contribution >= 4 is 5.69 Å². The second kappa shape index (κ2) is 6.95. The highest BCUT2D eigenvalue weighted by Crippen LogP contribution is 2.21. The molecule has 106 valence electrons. The standard InChI is InChI=1S/C17H28N2/c1-14(2)9-10-18-16-7-5-11-19(13-16)17-8-4-6-15(3)12-17/h4,6,8,12,14,16,18H,5,7,9-11,13H2,1-3H3. The minimum Gasteiger partial charge on any atom is -0.370 e. The van der Waals surface area contributed by atoms with Gasteiger partial charge in [0.1, 0.15) is 0 Å². The first-order valence-corrected chi connectivity index (χ1v) is 7.70. The number of hydrogen-bond donors (Lipinski definition) is 1. The summed E-state index contributed by atoms with van der Waals surface area (Å²) in [5.74, 6) is 0.795.